The second-order valence-electron chi connectivity index (χ2n) is 5.81. The molecule has 0 aromatic heterocycles. The Bertz CT molecular complexity index is 855. The average molecular weight is 385 g/mol. The zero-order valence-electron chi connectivity index (χ0n) is 12.9. The summed E-state index contributed by atoms with van der Waals surface area (Å²) in [6.45, 7) is 0. The van der Waals surface area contributed by atoms with Crippen molar-refractivity contribution in [2.24, 2.45) is 4.99 Å². The van der Waals surface area contributed by atoms with Gasteiger partial charge in [-0.15, -0.1) is 0 Å². The van der Waals surface area contributed by atoms with E-state index in [4.69, 9.17) is 0 Å². The number of benzene rings is 1. The minimum atomic E-state index is -3.21. The summed E-state index contributed by atoms with van der Waals surface area (Å²) in [5.74, 6) is -2.63. The third-order valence-corrected chi connectivity index (χ3v) is 7.13. The van der Waals surface area contributed by atoms with Gasteiger partial charge in [-0.05, 0) is 24.6 Å². The number of anilines is 1. The highest BCUT2D eigenvalue weighted by Gasteiger charge is 2.49. The summed E-state index contributed by atoms with van der Waals surface area (Å²) in [5, 5.41) is 10.4. The van der Waals surface area contributed by atoms with Gasteiger partial charge in [0.2, 0.25) is 5.91 Å². The normalized spacial score (nSPS) is 26.0. The van der Waals surface area contributed by atoms with Gasteiger partial charge in [-0.25, -0.2) is 12.8 Å². The predicted octanol–water partition coefficient (Wildman–Crippen LogP) is -0.0428. The van der Waals surface area contributed by atoms with Gasteiger partial charge in [0, 0.05) is 23.3 Å². The van der Waals surface area contributed by atoms with Crippen molar-refractivity contribution in [3.8, 4) is 0 Å². The summed E-state index contributed by atoms with van der Waals surface area (Å²) in [6, 6.07) is 5.16. The Hall–Kier alpha value is -1.94. The summed E-state index contributed by atoms with van der Waals surface area (Å²) in [7, 11) is -3.21. The molecule has 134 valence electrons. The molecule has 2 saturated heterocycles. The maximum absolute atomic E-state index is 13.6. The fourth-order valence-corrected chi connectivity index (χ4v) is 6.80. The number of aliphatic imine (C=N–C) groups is 1. The van der Waals surface area contributed by atoms with Crippen LogP contribution in [0.3, 0.4) is 0 Å². The Balaban J connectivity index is 1.92. The van der Waals surface area contributed by atoms with Gasteiger partial charge in [-0.3, -0.25) is 4.79 Å². The SMILES string of the molecule is O=C([O-])CCC(=O)N=C1S[C@H]2CS(=O)(=O)C[C@H]2N1c1cccc(F)c1. The molecule has 0 unspecified atom stereocenters. The Morgan fingerprint density at radius 2 is 2.08 bits per heavy atom. The average Bonchev–Trinajstić information content (AvgIpc) is 2.96. The molecule has 1 aromatic rings. The first-order valence-electron chi connectivity index (χ1n) is 7.48. The number of halogens is 1. The van der Waals surface area contributed by atoms with Gasteiger partial charge >= 0.3 is 0 Å². The van der Waals surface area contributed by atoms with Gasteiger partial charge in [0.05, 0.1) is 17.5 Å². The number of carbonyl (C=O) groups is 2. The van der Waals surface area contributed by atoms with Crippen LogP contribution in [0.1, 0.15) is 12.8 Å². The second-order valence-corrected chi connectivity index (χ2v) is 9.17. The molecule has 2 fully saturated rings. The van der Waals surface area contributed by atoms with Crippen LogP contribution in [0.25, 0.3) is 0 Å². The van der Waals surface area contributed by atoms with E-state index >= 15 is 0 Å². The number of rotatable bonds is 4. The summed E-state index contributed by atoms with van der Waals surface area (Å²) < 4.78 is 37.4. The van der Waals surface area contributed by atoms with Crippen LogP contribution in [-0.4, -0.2) is 48.3 Å². The van der Waals surface area contributed by atoms with Gasteiger partial charge in [-0.2, -0.15) is 4.99 Å². The Labute approximate surface area is 147 Å². The molecule has 2 atom stereocenters. The largest absolute Gasteiger partial charge is 0.550 e. The molecule has 2 aliphatic heterocycles. The molecule has 0 radical (unpaired) electrons. The van der Waals surface area contributed by atoms with E-state index in [1.807, 2.05) is 0 Å². The molecule has 25 heavy (non-hydrogen) atoms. The van der Waals surface area contributed by atoms with Crippen molar-refractivity contribution < 1.29 is 27.5 Å². The minimum Gasteiger partial charge on any atom is -0.550 e. The number of nitrogens with zero attached hydrogens (tertiary/aromatic N) is 2. The third-order valence-electron chi connectivity index (χ3n) is 3.92. The smallest absolute Gasteiger partial charge is 0.248 e. The molecule has 1 amide bonds. The number of hydrogen-bond donors (Lipinski definition) is 0. The van der Waals surface area contributed by atoms with Crippen LogP contribution in [-0.2, 0) is 19.4 Å². The first-order valence-corrected chi connectivity index (χ1v) is 10.2. The van der Waals surface area contributed by atoms with Crippen molar-refractivity contribution in [3.05, 3.63) is 30.1 Å². The second kappa shape index (κ2) is 6.75. The number of sulfone groups is 1. The lowest BCUT2D eigenvalue weighted by Gasteiger charge is -2.24. The lowest BCUT2D eigenvalue weighted by molar-refractivity contribution is -0.305. The number of thioether (sulfide) groups is 1. The fourth-order valence-electron chi connectivity index (χ4n) is 2.86. The van der Waals surface area contributed by atoms with Crippen LogP contribution in [0.15, 0.2) is 29.3 Å². The molecule has 7 nitrogen and oxygen atoms in total. The molecule has 0 saturated carbocycles. The van der Waals surface area contributed by atoms with Crippen LogP contribution < -0.4 is 10.0 Å². The van der Waals surface area contributed by atoms with Crippen molar-refractivity contribution in [1.82, 2.24) is 0 Å². The van der Waals surface area contributed by atoms with Crippen LogP contribution >= 0.6 is 11.8 Å². The van der Waals surface area contributed by atoms with Gasteiger partial charge in [0.15, 0.2) is 15.0 Å². The number of amidine groups is 1. The van der Waals surface area contributed by atoms with Crippen molar-refractivity contribution in [1.29, 1.82) is 0 Å². The summed E-state index contributed by atoms with van der Waals surface area (Å²) in [6.07, 6.45) is -0.751. The summed E-state index contributed by atoms with van der Waals surface area (Å²) in [5.41, 5.74) is 0.406. The van der Waals surface area contributed by atoms with E-state index in [9.17, 15) is 27.5 Å². The van der Waals surface area contributed by atoms with Crippen LogP contribution in [0, 0.1) is 5.82 Å². The minimum absolute atomic E-state index is 0.0413. The van der Waals surface area contributed by atoms with Gasteiger partial charge in [-0.1, -0.05) is 17.8 Å². The molecule has 10 heteroatoms. The molecular weight excluding hydrogens is 371 g/mol. The van der Waals surface area contributed by atoms with Crippen molar-refractivity contribution in [2.45, 2.75) is 24.1 Å². The van der Waals surface area contributed by atoms with E-state index in [1.54, 1.807) is 11.0 Å². The molecule has 0 spiro atoms. The first-order chi connectivity index (χ1) is 11.7. The summed E-state index contributed by atoms with van der Waals surface area (Å²) in [4.78, 5) is 27.8. The van der Waals surface area contributed by atoms with Crippen molar-refractivity contribution >= 4 is 44.3 Å². The van der Waals surface area contributed by atoms with E-state index in [1.165, 1.54) is 18.2 Å². The maximum atomic E-state index is 13.6. The van der Waals surface area contributed by atoms with Crippen molar-refractivity contribution in [2.75, 3.05) is 16.4 Å². The van der Waals surface area contributed by atoms with Gasteiger partial charge < -0.3 is 14.8 Å². The number of amides is 1. The van der Waals surface area contributed by atoms with Crippen LogP contribution in [0.5, 0.6) is 0 Å². The van der Waals surface area contributed by atoms with Crippen molar-refractivity contribution in [3.63, 3.8) is 0 Å². The number of carboxylic acids is 1. The fraction of sp³-hybridized carbons (Fsp3) is 0.400. The molecule has 0 N–H and O–H groups in total. The molecule has 0 aliphatic carbocycles. The number of aliphatic carboxylic acids is 1. The quantitative estimate of drug-likeness (QED) is 0.716. The predicted molar refractivity (Wildman–Crippen MR) is 89.4 cm³/mol. The third kappa shape index (κ3) is 4.01. The standard InChI is InChI=1S/C15H15FN2O5S2/c16-9-2-1-3-10(6-9)18-11-7-25(22,23)8-12(11)24-15(18)17-13(19)4-5-14(20)21/h1-3,6,11-12H,4-5,7-8H2,(H,20,21)/p-1/t11-,12+/m1/s1. The van der Waals surface area contributed by atoms with E-state index in [2.05, 4.69) is 4.99 Å². The lowest BCUT2D eigenvalue weighted by atomic mass is 10.2. The number of carboxylic acid groups (broad SMARTS) is 1. The molecule has 2 aliphatic rings. The van der Waals surface area contributed by atoms with Crippen LogP contribution in [0.4, 0.5) is 10.1 Å². The number of carbonyl (C=O) groups excluding carboxylic acids is 2. The van der Waals surface area contributed by atoms with E-state index in [0.717, 1.165) is 11.8 Å². The first kappa shape index (κ1) is 17.9. The van der Waals surface area contributed by atoms with Gasteiger partial charge in [0.1, 0.15) is 5.82 Å². The van der Waals surface area contributed by atoms with E-state index in [-0.39, 0.29) is 28.3 Å². The molecular formula is C15H14FN2O5S2-. The summed E-state index contributed by atoms with van der Waals surface area (Å²) >= 11 is 1.15. The highest BCUT2D eigenvalue weighted by atomic mass is 32.2. The monoisotopic (exact) mass is 385 g/mol. The number of fused-ring (bicyclic) bond motifs is 1. The van der Waals surface area contributed by atoms with Gasteiger partial charge in [0.25, 0.3) is 0 Å². The molecule has 2 heterocycles. The Morgan fingerprint density at radius 1 is 1.32 bits per heavy atom. The highest BCUT2D eigenvalue weighted by Crippen LogP contribution is 2.41. The topological polar surface area (TPSA) is 107 Å². The maximum Gasteiger partial charge on any atom is 0.248 e. The van der Waals surface area contributed by atoms with E-state index < -0.39 is 40.0 Å². The zero-order chi connectivity index (χ0) is 18.2. The number of hydrogen-bond acceptors (Lipinski definition) is 6. The molecule has 3 rings (SSSR count). The zero-order valence-corrected chi connectivity index (χ0v) is 14.6. The molecule has 0 bridgehead atoms. The lowest BCUT2D eigenvalue weighted by Crippen LogP contribution is -2.37. The van der Waals surface area contributed by atoms with E-state index in [0.29, 0.717) is 5.69 Å². The Morgan fingerprint density at radius 3 is 2.76 bits per heavy atom. The van der Waals surface area contributed by atoms with Crippen LogP contribution in [0.2, 0.25) is 0 Å². The molecule has 1 aromatic carbocycles. The highest BCUT2D eigenvalue weighted by molar-refractivity contribution is 8.16. The Kier molecular flexibility index (Phi) is 4.83.